The summed E-state index contributed by atoms with van der Waals surface area (Å²) in [6, 6.07) is 5.72. The molecule has 0 amide bonds. The molecule has 1 aliphatic rings. The first-order valence-corrected chi connectivity index (χ1v) is 8.11. The van der Waals surface area contributed by atoms with Gasteiger partial charge in [0.25, 0.3) is 5.56 Å². The number of aromatic nitrogens is 1. The highest BCUT2D eigenvalue weighted by atomic mass is 35.5. The zero-order valence-corrected chi connectivity index (χ0v) is 13.8. The molecule has 1 atom stereocenters. The highest BCUT2D eigenvalue weighted by molar-refractivity contribution is 6.31. The van der Waals surface area contributed by atoms with Crippen LogP contribution < -0.4 is 5.56 Å². The van der Waals surface area contributed by atoms with E-state index in [2.05, 4.69) is 0 Å². The molecule has 0 saturated carbocycles. The number of carboxylic acids is 1. The summed E-state index contributed by atoms with van der Waals surface area (Å²) in [6.07, 6.45) is 2.51. The smallest absolute Gasteiger partial charge is 0.326 e. The number of aryl methyl sites for hydroxylation is 1. The third-order valence-electron chi connectivity index (χ3n) is 4.37. The van der Waals surface area contributed by atoms with Crippen molar-refractivity contribution in [1.29, 1.82) is 0 Å². The quantitative estimate of drug-likeness (QED) is 0.925. The van der Waals surface area contributed by atoms with Crippen molar-refractivity contribution in [2.45, 2.75) is 32.2 Å². The molecule has 2 aromatic rings. The molecular weight excluding hydrogens is 330 g/mol. The lowest BCUT2D eigenvalue weighted by Gasteiger charge is -2.16. The molecule has 1 aliphatic carbocycles. The first kappa shape index (κ1) is 16.5. The number of benzene rings is 1. The van der Waals surface area contributed by atoms with Crippen LogP contribution in [0.4, 0.5) is 0 Å². The zero-order chi connectivity index (χ0) is 17.4. The van der Waals surface area contributed by atoms with Crippen molar-refractivity contribution in [3.05, 3.63) is 57.0 Å². The predicted octanol–water partition coefficient (Wildman–Crippen LogP) is 3.33. The fourth-order valence-corrected chi connectivity index (χ4v) is 3.30. The maximum absolute atomic E-state index is 12.5. The lowest BCUT2D eigenvalue weighted by atomic mass is 9.97. The average molecular weight is 346 g/mol. The fraction of sp³-hybridized carbons (Fsp3) is 0.278. The van der Waals surface area contributed by atoms with E-state index in [9.17, 15) is 19.5 Å². The molecule has 0 radical (unpaired) electrons. The summed E-state index contributed by atoms with van der Waals surface area (Å²) < 4.78 is 1.13. The van der Waals surface area contributed by atoms with E-state index in [1.165, 1.54) is 12.3 Å². The molecule has 0 spiro atoms. The lowest BCUT2D eigenvalue weighted by molar-refractivity contribution is -0.141. The highest BCUT2D eigenvalue weighted by Gasteiger charge is 2.25. The van der Waals surface area contributed by atoms with Crippen LogP contribution in [0.25, 0.3) is 11.1 Å². The molecule has 0 aliphatic heterocycles. The molecule has 1 unspecified atom stereocenters. The molecule has 124 valence electrons. The van der Waals surface area contributed by atoms with Crippen molar-refractivity contribution in [2.75, 3.05) is 0 Å². The Hall–Kier alpha value is -2.40. The van der Waals surface area contributed by atoms with Gasteiger partial charge in [-0.15, -0.1) is 0 Å². The number of pyridine rings is 1. The number of aliphatic carboxylic acids is 1. The van der Waals surface area contributed by atoms with Crippen LogP contribution in [0.3, 0.4) is 0 Å². The molecule has 1 aromatic heterocycles. The number of nitrogens with zero attached hydrogens (tertiary/aromatic N) is 1. The molecule has 1 aromatic carbocycles. The third kappa shape index (κ3) is 2.76. The summed E-state index contributed by atoms with van der Waals surface area (Å²) in [6.45, 7) is 1.69. The molecule has 0 bridgehead atoms. The minimum Gasteiger partial charge on any atom is -0.480 e. The molecule has 6 heteroatoms. The highest BCUT2D eigenvalue weighted by Crippen LogP contribution is 2.33. The van der Waals surface area contributed by atoms with Gasteiger partial charge in [0.2, 0.25) is 0 Å². The summed E-state index contributed by atoms with van der Waals surface area (Å²) >= 11 is 6.07. The van der Waals surface area contributed by atoms with E-state index < -0.39 is 17.6 Å². The molecular formula is C18H16ClNO4. The van der Waals surface area contributed by atoms with Gasteiger partial charge in [-0.3, -0.25) is 9.59 Å². The van der Waals surface area contributed by atoms with Crippen LogP contribution in [0.1, 0.15) is 41.7 Å². The Morgan fingerprint density at radius 3 is 2.62 bits per heavy atom. The van der Waals surface area contributed by atoms with E-state index >= 15 is 0 Å². The van der Waals surface area contributed by atoms with Crippen molar-refractivity contribution in [3.63, 3.8) is 0 Å². The largest absolute Gasteiger partial charge is 0.480 e. The van der Waals surface area contributed by atoms with E-state index in [0.29, 0.717) is 29.0 Å². The van der Waals surface area contributed by atoms with Gasteiger partial charge in [-0.05, 0) is 41.7 Å². The van der Waals surface area contributed by atoms with Crippen LogP contribution in [-0.4, -0.2) is 21.4 Å². The summed E-state index contributed by atoms with van der Waals surface area (Å²) in [5.74, 6) is -1.20. The molecule has 1 heterocycles. The topological polar surface area (TPSA) is 76.4 Å². The van der Waals surface area contributed by atoms with Gasteiger partial charge in [0.05, 0.1) is 0 Å². The van der Waals surface area contributed by atoms with Crippen LogP contribution in [0.2, 0.25) is 5.02 Å². The summed E-state index contributed by atoms with van der Waals surface area (Å²) in [4.78, 5) is 36.4. The monoisotopic (exact) mass is 345 g/mol. The average Bonchev–Trinajstić information content (AvgIpc) is 2.66. The summed E-state index contributed by atoms with van der Waals surface area (Å²) in [5.41, 5.74) is 2.17. The van der Waals surface area contributed by atoms with Crippen LogP contribution in [-0.2, 0) is 11.2 Å². The Morgan fingerprint density at radius 1 is 1.21 bits per heavy atom. The van der Waals surface area contributed by atoms with Gasteiger partial charge in [0.15, 0.2) is 5.78 Å². The third-order valence-corrected chi connectivity index (χ3v) is 4.61. The van der Waals surface area contributed by atoms with E-state index in [4.69, 9.17) is 11.6 Å². The second kappa shape index (κ2) is 6.24. The Labute approximate surface area is 143 Å². The van der Waals surface area contributed by atoms with Gasteiger partial charge in [-0.2, -0.15) is 0 Å². The Bertz CT molecular complexity index is 900. The molecule has 24 heavy (non-hydrogen) atoms. The molecule has 1 N–H and O–H groups in total. The predicted molar refractivity (Wildman–Crippen MR) is 90.8 cm³/mol. The number of Topliss-reactive ketones (excluding diaryl/α,β-unsaturated/α-hetero) is 1. The molecule has 5 nitrogen and oxygen atoms in total. The maximum Gasteiger partial charge on any atom is 0.326 e. The van der Waals surface area contributed by atoms with E-state index in [1.807, 2.05) is 6.07 Å². The van der Waals surface area contributed by atoms with Crippen LogP contribution in [0, 0.1) is 0 Å². The van der Waals surface area contributed by atoms with E-state index in [1.54, 1.807) is 19.1 Å². The minimum atomic E-state index is -1.09. The molecule has 3 rings (SSSR count). The van der Waals surface area contributed by atoms with Crippen LogP contribution in [0.15, 0.2) is 35.3 Å². The number of halogens is 1. The van der Waals surface area contributed by atoms with Gasteiger partial charge in [0, 0.05) is 29.3 Å². The van der Waals surface area contributed by atoms with Crippen molar-refractivity contribution in [2.24, 2.45) is 0 Å². The van der Waals surface area contributed by atoms with Gasteiger partial charge in [-0.25, -0.2) is 4.79 Å². The Kier molecular flexibility index (Phi) is 4.28. The lowest BCUT2D eigenvalue weighted by Crippen LogP contribution is -2.30. The SMILES string of the molecule is CCC(C(=O)O)n1cc2c(cc1=O)-c1cc(Cl)ccc1CCC2=O. The Morgan fingerprint density at radius 2 is 1.96 bits per heavy atom. The van der Waals surface area contributed by atoms with Crippen molar-refractivity contribution in [1.82, 2.24) is 4.57 Å². The zero-order valence-electron chi connectivity index (χ0n) is 13.1. The van der Waals surface area contributed by atoms with Gasteiger partial charge in [-0.1, -0.05) is 24.6 Å². The summed E-state index contributed by atoms with van der Waals surface area (Å²) in [7, 11) is 0. The number of rotatable bonds is 3. The van der Waals surface area contributed by atoms with Crippen molar-refractivity contribution in [3.8, 4) is 11.1 Å². The van der Waals surface area contributed by atoms with E-state index in [0.717, 1.165) is 15.7 Å². The molecule has 0 fully saturated rings. The van der Waals surface area contributed by atoms with E-state index in [-0.39, 0.29) is 12.2 Å². The van der Waals surface area contributed by atoms with Crippen LogP contribution >= 0.6 is 11.6 Å². The second-order valence-corrected chi connectivity index (χ2v) is 6.27. The number of hydrogen-bond acceptors (Lipinski definition) is 3. The molecule has 0 saturated heterocycles. The summed E-state index contributed by atoms with van der Waals surface area (Å²) in [5, 5.41) is 9.83. The Balaban J connectivity index is 2.28. The number of ketones is 1. The maximum atomic E-state index is 12.5. The van der Waals surface area contributed by atoms with Crippen LogP contribution in [0.5, 0.6) is 0 Å². The number of hydrogen-bond donors (Lipinski definition) is 1. The minimum absolute atomic E-state index is 0.105. The number of carbonyl (C=O) groups excluding carboxylic acids is 1. The second-order valence-electron chi connectivity index (χ2n) is 5.83. The number of carbonyl (C=O) groups is 2. The fourth-order valence-electron chi connectivity index (χ4n) is 3.13. The number of carboxylic acid groups (broad SMARTS) is 1. The normalized spacial score (nSPS) is 14.5. The van der Waals surface area contributed by atoms with Crippen molar-refractivity contribution >= 4 is 23.4 Å². The van der Waals surface area contributed by atoms with Gasteiger partial charge < -0.3 is 9.67 Å². The standard InChI is InChI=1S/C18H16ClNO4/c1-2-15(18(23)24)20-9-14-13(8-17(20)22)12-7-11(19)5-3-10(12)4-6-16(14)21/h3,5,7-9,15H,2,4,6H2,1H3,(H,23,24). The first-order chi connectivity index (χ1) is 11.4. The first-order valence-electron chi connectivity index (χ1n) is 7.73. The van der Waals surface area contributed by atoms with Gasteiger partial charge in [0.1, 0.15) is 6.04 Å². The van der Waals surface area contributed by atoms with Gasteiger partial charge >= 0.3 is 5.97 Å². The number of fused-ring (bicyclic) bond motifs is 3. The van der Waals surface area contributed by atoms with Crippen molar-refractivity contribution < 1.29 is 14.7 Å².